The summed E-state index contributed by atoms with van der Waals surface area (Å²) in [4.78, 5) is 18.7. The van der Waals surface area contributed by atoms with Crippen LogP contribution in [0.3, 0.4) is 0 Å². The molecule has 25 heavy (non-hydrogen) atoms. The molecule has 0 aliphatic rings. The van der Waals surface area contributed by atoms with Gasteiger partial charge in [-0.1, -0.05) is 20.8 Å². The number of hydrogen-bond donors (Lipinski definition) is 3. The summed E-state index contributed by atoms with van der Waals surface area (Å²) in [6.45, 7) is 15.2. The average molecular weight is 358 g/mol. The quantitative estimate of drug-likeness (QED) is 0.435. The highest BCUT2D eigenvalue weighted by atomic mass is 16.6. The SMILES string of the molecule is CCN(C)CCNC(=NC)NCC(CC)(CC)NC(=O)OC(C)(C)C. The maximum atomic E-state index is 12.2. The lowest BCUT2D eigenvalue weighted by molar-refractivity contribution is 0.0448. The summed E-state index contributed by atoms with van der Waals surface area (Å²) in [5.74, 6) is 0.738. The maximum Gasteiger partial charge on any atom is 0.408 e. The Kier molecular flexibility index (Phi) is 10.5. The molecule has 0 aromatic heterocycles. The van der Waals surface area contributed by atoms with E-state index in [1.54, 1.807) is 7.05 Å². The zero-order valence-corrected chi connectivity index (χ0v) is 17.5. The number of rotatable bonds is 9. The Balaban J connectivity index is 4.64. The fourth-order valence-electron chi connectivity index (χ4n) is 2.24. The molecule has 0 bridgehead atoms. The van der Waals surface area contributed by atoms with E-state index in [1.165, 1.54) is 0 Å². The lowest BCUT2D eigenvalue weighted by Gasteiger charge is -2.34. The van der Waals surface area contributed by atoms with Gasteiger partial charge in [0, 0.05) is 26.7 Å². The number of alkyl carbamates (subject to hydrolysis) is 1. The molecule has 148 valence electrons. The Bertz CT molecular complexity index is 414. The van der Waals surface area contributed by atoms with Crippen LogP contribution in [-0.2, 0) is 4.74 Å². The minimum atomic E-state index is -0.506. The molecule has 0 saturated carbocycles. The maximum absolute atomic E-state index is 12.2. The van der Waals surface area contributed by atoms with Crippen molar-refractivity contribution >= 4 is 12.1 Å². The molecule has 3 N–H and O–H groups in total. The molecule has 0 aliphatic carbocycles. The van der Waals surface area contributed by atoms with E-state index in [4.69, 9.17) is 4.74 Å². The van der Waals surface area contributed by atoms with Gasteiger partial charge >= 0.3 is 6.09 Å². The Labute approximate surface area is 154 Å². The van der Waals surface area contributed by atoms with Gasteiger partial charge in [0.15, 0.2) is 5.96 Å². The summed E-state index contributed by atoms with van der Waals surface area (Å²) in [6, 6.07) is 0. The Morgan fingerprint density at radius 3 is 2.16 bits per heavy atom. The third-order valence-electron chi connectivity index (χ3n) is 4.26. The molecule has 0 unspecified atom stereocenters. The van der Waals surface area contributed by atoms with E-state index >= 15 is 0 Å². The van der Waals surface area contributed by atoms with Gasteiger partial charge in [0.25, 0.3) is 0 Å². The second-order valence-electron chi connectivity index (χ2n) is 7.36. The summed E-state index contributed by atoms with van der Waals surface area (Å²) in [6.07, 6.45) is 1.21. The lowest BCUT2D eigenvalue weighted by atomic mass is 9.93. The van der Waals surface area contributed by atoms with Crippen LogP contribution >= 0.6 is 0 Å². The Morgan fingerprint density at radius 1 is 1.12 bits per heavy atom. The zero-order valence-electron chi connectivity index (χ0n) is 17.5. The lowest BCUT2D eigenvalue weighted by Crippen LogP contribution is -2.57. The van der Waals surface area contributed by atoms with E-state index < -0.39 is 5.60 Å². The number of carbonyl (C=O) groups excluding carboxylic acids is 1. The predicted molar refractivity (Wildman–Crippen MR) is 105 cm³/mol. The van der Waals surface area contributed by atoms with Gasteiger partial charge in [-0.2, -0.15) is 0 Å². The number of nitrogens with one attached hydrogen (secondary N) is 3. The molecule has 0 heterocycles. The second-order valence-corrected chi connectivity index (χ2v) is 7.36. The molecule has 7 nitrogen and oxygen atoms in total. The van der Waals surface area contributed by atoms with Crippen molar-refractivity contribution in [1.29, 1.82) is 0 Å². The van der Waals surface area contributed by atoms with Gasteiger partial charge in [-0.15, -0.1) is 0 Å². The van der Waals surface area contributed by atoms with Gasteiger partial charge in [-0.3, -0.25) is 4.99 Å². The highest BCUT2D eigenvalue weighted by molar-refractivity contribution is 5.79. The second kappa shape index (κ2) is 11.2. The van der Waals surface area contributed by atoms with Gasteiger partial charge in [0.1, 0.15) is 5.60 Å². The average Bonchev–Trinajstić information content (AvgIpc) is 2.54. The molecule has 0 fully saturated rings. The van der Waals surface area contributed by atoms with Gasteiger partial charge in [-0.05, 0) is 47.2 Å². The molecule has 0 saturated heterocycles. The van der Waals surface area contributed by atoms with Crippen LogP contribution in [0.1, 0.15) is 54.4 Å². The van der Waals surface area contributed by atoms with Crippen LogP contribution in [0.15, 0.2) is 4.99 Å². The smallest absolute Gasteiger partial charge is 0.408 e. The molecule has 0 aromatic carbocycles. The van der Waals surface area contributed by atoms with Gasteiger partial charge < -0.3 is 25.6 Å². The van der Waals surface area contributed by atoms with Crippen molar-refractivity contribution in [2.24, 2.45) is 4.99 Å². The Hall–Kier alpha value is -1.50. The van der Waals surface area contributed by atoms with E-state index in [0.29, 0.717) is 6.54 Å². The molecular weight excluding hydrogens is 318 g/mol. The Morgan fingerprint density at radius 2 is 1.72 bits per heavy atom. The highest BCUT2D eigenvalue weighted by Gasteiger charge is 2.30. The van der Waals surface area contributed by atoms with Crippen LogP contribution in [0.2, 0.25) is 0 Å². The standard InChI is InChI=1S/C18H39N5O2/c1-9-18(10-2,22-16(24)25-17(4,5)6)14-21-15(19-7)20-12-13-23(8)11-3/h9-14H2,1-8H3,(H,22,24)(H2,19,20,21). The van der Waals surface area contributed by atoms with Crippen LogP contribution in [0.5, 0.6) is 0 Å². The van der Waals surface area contributed by atoms with Crippen LogP contribution in [0, 0.1) is 0 Å². The molecule has 0 spiro atoms. The van der Waals surface area contributed by atoms with Crippen molar-refractivity contribution in [3.8, 4) is 0 Å². The van der Waals surface area contributed by atoms with Crippen LogP contribution in [0.4, 0.5) is 4.79 Å². The fourth-order valence-corrected chi connectivity index (χ4v) is 2.24. The van der Waals surface area contributed by atoms with Crippen molar-refractivity contribution in [2.45, 2.75) is 65.5 Å². The largest absolute Gasteiger partial charge is 0.444 e. The van der Waals surface area contributed by atoms with Crippen LogP contribution < -0.4 is 16.0 Å². The minimum absolute atomic E-state index is 0.375. The number of ether oxygens (including phenoxy) is 1. The van der Waals surface area contributed by atoms with Crippen molar-refractivity contribution in [3.05, 3.63) is 0 Å². The summed E-state index contributed by atoms with van der Waals surface area (Å²) in [5, 5.41) is 9.66. The fraction of sp³-hybridized carbons (Fsp3) is 0.889. The van der Waals surface area contributed by atoms with E-state index in [2.05, 4.69) is 53.7 Å². The first-order valence-electron chi connectivity index (χ1n) is 9.25. The van der Waals surface area contributed by atoms with E-state index in [9.17, 15) is 4.79 Å². The summed E-state index contributed by atoms with van der Waals surface area (Å²) < 4.78 is 5.40. The number of nitrogens with zero attached hydrogens (tertiary/aromatic N) is 2. The van der Waals surface area contributed by atoms with Crippen LogP contribution in [-0.4, -0.2) is 68.4 Å². The number of likely N-dealkylation sites (N-methyl/N-ethyl adjacent to an activating group) is 1. The third-order valence-corrected chi connectivity index (χ3v) is 4.26. The first-order valence-corrected chi connectivity index (χ1v) is 9.25. The monoisotopic (exact) mass is 357 g/mol. The highest BCUT2D eigenvalue weighted by Crippen LogP contribution is 2.16. The van der Waals surface area contributed by atoms with Gasteiger partial charge in [-0.25, -0.2) is 4.79 Å². The molecule has 0 aromatic rings. The number of carbonyl (C=O) groups is 1. The molecule has 0 atom stereocenters. The summed E-state index contributed by atoms with van der Waals surface area (Å²) in [5.41, 5.74) is -0.881. The van der Waals surface area contributed by atoms with E-state index in [0.717, 1.165) is 38.4 Å². The predicted octanol–water partition coefficient (Wildman–Crippen LogP) is 2.19. The molecule has 7 heteroatoms. The molecule has 0 rings (SSSR count). The van der Waals surface area contributed by atoms with Crippen LogP contribution in [0.25, 0.3) is 0 Å². The van der Waals surface area contributed by atoms with E-state index in [-0.39, 0.29) is 11.6 Å². The van der Waals surface area contributed by atoms with Crippen molar-refractivity contribution in [1.82, 2.24) is 20.9 Å². The van der Waals surface area contributed by atoms with Crippen molar-refractivity contribution in [3.63, 3.8) is 0 Å². The molecule has 0 aliphatic heterocycles. The third kappa shape index (κ3) is 10.2. The summed E-state index contributed by atoms with van der Waals surface area (Å²) in [7, 11) is 3.83. The number of amides is 1. The number of guanidine groups is 1. The van der Waals surface area contributed by atoms with Crippen molar-refractivity contribution < 1.29 is 9.53 Å². The minimum Gasteiger partial charge on any atom is -0.444 e. The zero-order chi connectivity index (χ0) is 19.5. The molecule has 1 amide bonds. The van der Waals surface area contributed by atoms with Gasteiger partial charge in [0.2, 0.25) is 0 Å². The topological polar surface area (TPSA) is 78.0 Å². The van der Waals surface area contributed by atoms with Gasteiger partial charge in [0.05, 0.1) is 5.54 Å². The first-order chi connectivity index (χ1) is 11.6. The normalized spacial score (nSPS) is 12.9. The number of aliphatic imine (C=N–C) groups is 1. The summed E-state index contributed by atoms with van der Waals surface area (Å²) >= 11 is 0. The molecular formula is C18H39N5O2. The first kappa shape index (κ1) is 23.5. The number of hydrogen-bond acceptors (Lipinski definition) is 4. The van der Waals surface area contributed by atoms with Crippen molar-refractivity contribution in [2.75, 3.05) is 40.3 Å². The van der Waals surface area contributed by atoms with E-state index in [1.807, 2.05) is 20.8 Å². The molecule has 0 radical (unpaired) electrons.